The highest BCUT2D eigenvalue weighted by Crippen LogP contribution is 2.40. The number of phenolic OH excluding ortho intramolecular Hbond substituents is 1. The van der Waals surface area contributed by atoms with Crippen molar-refractivity contribution in [2.75, 3.05) is 42.7 Å². The Morgan fingerprint density at radius 3 is 2.82 bits per heavy atom. The van der Waals surface area contributed by atoms with Gasteiger partial charge in [0, 0.05) is 31.1 Å². The van der Waals surface area contributed by atoms with Gasteiger partial charge in [-0.2, -0.15) is 9.97 Å². The first kappa shape index (κ1) is 22.3. The Bertz CT molecular complexity index is 1260. The predicted molar refractivity (Wildman–Crippen MR) is 126 cm³/mol. The van der Waals surface area contributed by atoms with Crippen LogP contribution in [0.4, 0.5) is 15.9 Å². The molecule has 0 aliphatic carbocycles. The first-order chi connectivity index (χ1) is 16.5. The van der Waals surface area contributed by atoms with E-state index in [2.05, 4.69) is 9.97 Å². The van der Waals surface area contributed by atoms with E-state index in [-0.39, 0.29) is 30.0 Å². The fourth-order valence-corrected chi connectivity index (χ4v) is 4.77. The minimum Gasteiger partial charge on any atom is -0.508 e. The maximum Gasteiger partial charge on any atom is 0.318 e. The van der Waals surface area contributed by atoms with E-state index in [0.29, 0.717) is 78.4 Å². The van der Waals surface area contributed by atoms with Gasteiger partial charge in [-0.3, -0.25) is 4.79 Å². The maximum absolute atomic E-state index is 14.7. The Hall–Kier alpha value is -3.46. The van der Waals surface area contributed by atoms with Gasteiger partial charge in [0.15, 0.2) is 0 Å². The second-order valence-corrected chi connectivity index (χ2v) is 8.37. The van der Waals surface area contributed by atoms with Gasteiger partial charge in [-0.15, -0.1) is 0 Å². The van der Waals surface area contributed by atoms with Gasteiger partial charge in [0.2, 0.25) is 0 Å². The van der Waals surface area contributed by atoms with Crippen molar-refractivity contribution in [2.45, 2.75) is 33.2 Å². The molecule has 1 fully saturated rings. The predicted octanol–water partition coefficient (Wildman–Crippen LogP) is 3.82. The molecule has 34 heavy (non-hydrogen) atoms. The van der Waals surface area contributed by atoms with Crippen molar-refractivity contribution < 1.29 is 23.8 Å². The summed E-state index contributed by atoms with van der Waals surface area (Å²) in [6, 6.07) is 6.33. The van der Waals surface area contributed by atoms with Gasteiger partial charge in [-0.25, -0.2) is 4.39 Å². The minimum atomic E-state index is -0.338. The highest BCUT2D eigenvalue weighted by Gasteiger charge is 2.37. The van der Waals surface area contributed by atoms with E-state index in [1.54, 1.807) is 17.0 Å². The van der Waals surface area contributed by atoms with Gasteiger partial charge in [-0.1, -0.05) is 13.0 Å². The van der Waals surface area contributed by atoms with Crippen molar-refractivity contribution in [3.05, 3.63) is 46.9 Å². The van der Waals surface area contributed by atoms with E-state index in [0.717, 1.165) is 6.42 Å². The van der Waals surface area contributed by atoms with Crippen molar-refractivity contribution in [3.8, 4) is 11.8 Å². The standard InChI is InChI=1S/C25H27FN4O4/c1-3-17-18(26)7-6-15-12-16(31)13-20(21(15)17)30-14-19-22(24(30)32)23(28-25(27-19)34-4-2)29-8-5-10-33-11-9-29/h6-7,12-13,31H,3-5,8-11,14H2,1-2H3. The molecule has 0 saturated carbocycles. The number of hydrogen-bond acceptors (Lipinski definition) is 7. The highest BCUT2D eigenvalue weighted by atomic mass is 19.1. The number of nitrogens with zero attached hydrogens (tertiary/aromatic N) is 4. The number of aromatic hydroxyl groups is 1. The van der Waals surface area contributed by atoms with Crippen LogP contribution >= 0.6 is 0 Å². The lowest BCUT2D eigenvalue weighted by Crippen LogP contribution is -2.30. The van der Waals surface area contributed by atoms with Crippen LogP contribution in [0.15, 0.2) is 24.3 Å². The molecule has 0 bridgehead atoms. The number of carbonyl (C=O) groups excluding carboxylic acids is 1. The number of aryl methyl sites for hydroxylation is 1. The molecular formula is C25H27FN4O4. The second-order valence-electron chi connectivity index (χ2n) is 8.37. The van der Waals surface area contributed by atoms with Crippen molar-refractivity contribution in [1.82, 2.24) is 9.97 Å². The fourth-order valence-electron chi connectivity index (χ4n) is 4.77. The van der Waals surface area contributed by atoms with Gasteiger partial charge in [0.05, 0.1) is 31.1 Å². The molecule has 2 aromatic carbocycles. The van der Waals surface area contributed by atoms with Gasteiger partial charge in [0.1, 0.15) is 22.9 Å². The zero-order valence-corrected chi connectivity index (χ0v) is 19.3. The Morgan fingerprint density at radius 1 is 1.18 bits per heavy atom. The van der Waals surface area contributed by atoms with Gasteiger partial charge in [0.25, 0.3) is 5.91 Å². The van der Waals surface area contributed by atoms with Crippen LogP contribution in [0.5, 0.6) is 11.8 Å². The number of ether oxygens (including phenoxy) is 2. The summed E-state index contributed by atoms with van der Waals surface area (Å²) in [7, 11) is 0. The number of rotatable bonds is 5. The van der Waals surface area contributed by atoms with Crippen molar-refractivity contribution in [2.24, 2.45) is 0 Å². The zero-order chi connectivity index (χ0) is 23.8. The normalized spacial score (nSPS) is 16.1. The van der Waals surface area contributed by atoms with E-state index in [1.807, 2.05) is 18.7 Å². The SMILES string of the molecule is CCOc1nc2c(c(N3CCCOCC3)n1)C(=O)N(c1cc(O)cc3ccc(F)c(CC)c13)C2. The molecule has 1 N–H and O–H groups in total. The Labute approximate surface area is 196 Å². The van der Waals surface area contributed by atoms with Crippen LogP contribution in [0, 0.1) is 5.82 Å². The Morgan fingerprint density at radius 2 is 2.03 bits per heavy atom. The first-order valence-electron chi connectivity index (χ1n) is 11.6. The van der Waals surface area contributed by atoms with E-state index in [9.17, 15) is 14.3 Å². The van der Waals surface area contributed by atoms with Crippen LogP contribution in [0.3, 0.4) is 0 Å². The molecule has 5 rings (SSSR count). The third-order valence-electron chi connectivity index (χ3n) is 6.28. The number of halogens is 1. The van der Waals surface area contributed by atoms with Gasteiger partial charge >= 0.3 is 6.01 Å². The molecule has 1 saturated heterocycles. The summed E-state index contributed by atoms with van der Waals surface area (Å²) >= 11 is 0. The lowest BCUT2D eigenvalue weighted by molar-refractivity contribution is 0.0997. The summed E-state index contributed by atoms with van der Waals surface area (Å²) in [5.74, 6) is -0.0880. The summed E-state index contributed by atoms with van der Waals surface area (Å²) in [6.07, 6.45) is 1.26. The molecule has 2 aliphatic rings. The maximum atomic E-state index is 14.7. The van der Waals surface area contributed by atoms with Crippen LogP contribution in [0.1, 0.15) is 41.9 Å². The third-order valence-corrected chi connectivity index (χ3v) is 6.28. The molecular weight excluding hydrogens is 439 g/mol. The molecule has 1 amide bonds. The molecule has 0 atom stereocenters. The summed E-state index contributed by atoms with van der Waals surface area (Å²) in [5, 5.41) is 11.7. The Kier molecular flexibility index (Phi) is 5.95. The van der Waals surface area contributed by atoms with Crippen LogP contribution < -0.4 is 14.5 Å². The summed E-state index contributed by atoms with van der Waals surface area (Å²) in [5.41, 5.74) is 1.92. The fraction of sp³-hybridized carbons (Fsp3) is 0.400. The summed E-state index contributed by atoms with van der Waals surface area (Å²) in [6.45, 7) is 6.79. The average molecular weight is 467 g/mol. The second kappa shape index (κ2) is 9.06. The van der Waals surface area contributed by atoms with Crippen LogP contribution in [-0.2, 0) is 17.7 Å². The van der Waals surface area contributed by atoms with Crippen molar-refractivity contribution >= 4 is 28.2 Å². The molecule has 2 aliphatic heterocycles. The largest absolute Gasteiger partial charge is 0.508 e. The number of benzene rings is 2. The van der Waals surface area contributed by atoms with Gasteiger partial charge in [-0.05, 0) is 42.8 Å². The molecule has 0 unspecified atom stereocenters. The van der Waals surface area contributed by atoms with Crippen molar-refractivity contribution in [1.29, 1.82) is 0 Å². The summed E-state index contributed by atoms with van der Waals surface area (Å²) in [4.78, 5) is 26.5. The highest BCUT2D eigenvalue weighted by molar-refractivity contribution is 6.16. The molecule has 8 nitrogen and oxygen atoms in total. The summed E-state index contributed by atoms with van der Waals surface area (Å²) < 4.78 is 25.9. The monoisotopic (exact) mass is 466 g/mol. The molecule has 178 valence electrons. The topological polar surface area (TPSA) is 88.0 Å². The number of carbonyl (C=O) groups is 1. The van der Waals surface area contributed by atoms with E-state index < -0.39 is 0 Å². The minimum absolute atomic E-state index is 0.00546. The number of fused-ring (bicyclic) bond motifs is 2. The van der Waals surface area contributed by atoms with Crippen LogP contribution in [-0.4, -0.2) is 53.9 Å². The quantitative estimate of drug-likeness (QED) is 0.612. The lowest BCUT2D eigenvalue weighted by Gasteiger charge is -2.23. The molecule has 0 spiro atoms. The smallest absolute Gasteiger partial charge is 0.318 e. The zero-order valence-electron chi connectivity index (χ0n) is 19.3. The molecule has 9 heteroatoms. The molecule has 1 aromatic heterocycles. The molecule has 0 radical (unpaired) electrons. The molecule has 3 heterocycles. The number of anilines is 2. The number of phenols is 1. The lowest BCUT2D eigenvalue weighted by atomic mass is 9.99. The average Bonchev–Trinajstić information content (AvgIpc) is 2.99. The van der Waals surface area contributed by atoms with E-state index in [4.69, 9.17) is 9.47 Å². The van der Waals surface area contributed by atoms with E-state index in [1.165, 1.54) is 12.1 Å². The van der Waals surface area contributed by atoms with Crippen LogP contribution in [0.2, 0.25) is 0 Å². The third kappa shape index (κ3) is 3.79. The number of hydrogen-bond donors (Lipinski definition) is 1. The van der Waals surface area contributed by atoms with Crippen molar-refractivity contribution in [3.63, 3.8) is 0 Å². The first-order valence-corrected chi connectivity index (χ1v) is 11.6. The van der Waals surface area contributed by atoms with Crippen LogP contribution in [0.25, 0.3) is 10.8 Å². The number of aromatic nitrogens is 2. The Balaban J connectivity index is 1.66. The molecule has 3 aromatic rings. The number of amides is 1. The van der Waals surface area contributed by atoms with Gasteiger partial charge < -0.3 is 24.4 Å². The van der Waals surface area contributed by atoms with E-state index >= 15 is 0 Å².